The SMILES string of the molecule is CC(C)c1ccc(C(=O)CNC(=O)CCC(=O)O)cc1. The van der Waals surface area contributed by atoms with Crippen LogP contribution < -0.4 is 5.32 Å². The quantitative estimate of drug-likeness (QED) is 0.746. The van der Waals surface area contributed by atoms with Crippen LogP contribution in [0.25, 0.3) is 0 Å². The monoisotopic (exact) mass is 277 g/mol. The number of carboxylic acid groups (broad SMARTS) is 1. The lowest BCUT2D eigenvalue weighted by Gasteiger charge is -2.07. The van der Waals surface area contributed by atoms with Gasteiger partial charge in [-0.15, -0.1) is 0 Å². The average molecular weight is 277 g/mol. The van der Waals surface area contributed by atoms with Gasteiger partial charge in [0.25, 0.3) is 0 Å². The molecule has 0 unspecified atom stereocenters. The fourth-order valence-corrected chi connectivity index (χ4v) is 1.64. The van der Waals surface area contributed by atoms with Crippen LogP contribution in [-0.4, -0.2) is 29.3 Å². The highest BCUT2D eigenvalue weighted by Crippen LogP contribution is 2.14. The highest BCUT2D eigenvalue weighted by Gasteiger charge is 2.10. The summed E-state index contributed by atoms with van der Waals surface area (Å²) in [5.41, 5.74) is 1.68. The second kappa shape index (κ2) is 7.43. The first-order valence-corrected chi connectivity index (χ1v) is 6.51. The summed E-state index contributed by atoms with van der Waals surface area (Å²) in [6.45, 7) is 4.03. The molecular weight excluding hydrogens is 258 g/mol. The van der Waals surface area contributed by atoms with Gasteiger partial charge in [-0.2, -0.15) is 0 Å². The summed E-state index contributed by atoms with van der Waals surface area (Å²) >= 11 is 0. The van der Waals surface area contributed by atoms with Crippen molar-refractivity contribution in [3.63, 3.8) is 0 Å². The van der Waals surface area contributed by atoms with Crippen LogP contribution in [0.3, 0.4) is 0 Å². The third-order valence-corrected chi connectivity index (χ3v) is 2.91. The van der Waals surface area contributed by atoms with Crippen molar-refractivity contribution in [1.82, 2.24) is 5.32 Å². The molecule has 108 valence electrons. The Morgan fingerprint density at radius 2 is 1.70 bits per heavy atom. The second-order valence-corrected chi connectivity index (χ2v) is 4.87. The van der Waals surface area contributed by atoms with Gasteiger partial charge in [0.15, 0.2) is 5.78 Å². The number of hydrogen-bond acceptors (Lipinski definition) is 3. The van der Waals surface area contributed by atoms with Crippen molar-refractivity contribution in [2.24, 2.45) is 0 Å². The normalized spacial score (nSPS) is 10.3. The van der Waals surface area contributed by atoms with E-state index in [1.54, 1.807) is 12.1 Å². The van der Waals surface area contributed by atoms with Crippen molar-refractivity contribution in [2.45, 2.75) is 32.6 Å². The number of nitrogens with one attached hydrogen (secondary N) is 1. The summed E-state index contributed by atoms with van der Waals surface area (Å²) < 4.78 is 0. The van der Waals surface area contributed by atoms with Crippen LogP contribution in [-0.2, 0) is 9.59 Å². The Balaban J connectivity index is 2.46. The number of carbonyl (C=O) groups excluding carboxylic acids is 2. The summed E-state index contributed by atoms with van der Waals surface area (Å²) in [5.74, 6) is -1.26. The first-order chi connectivity index (χ1) is 9.40. The van der Waals surface area contributed by atoms with Gasteiger partial charge in [-0.25, -0.2) is 0 Å². The van der Waals surface area contributed by atoms with Crippen LogP contribution in [0.4, 0.5) is 0 Å². The Morgan fingerprint density at radius 3 is 2.20 bits per heavy atom. The number of rotatable bonds is 7. The Labute approximate surface area is 118 Å². The molecule has 0 aromatic heterocycles. The maximum Gasteiger partial charge on any atom is 0.303 e. The molecule has 1 aromatic carbocycles. The minimum Gasteiger partial charge on any atom is -0.481 e. The molecule has 5 heteroatoms. The molecule has 0 aliphatic carbocycles. The molecule has 0 spiro atoms. The first kappa shape index (κ1) is 15.9. The lowest BCUT2D eigenvalue weighted by Crippen LogP contribution is -2.29. The Morgan fingerprint density at radius 1 is 1.10 bits per heavy atom. The Hall–Kier alpha value is -2.17. The number of Topliss-reactive ketones (excluding diaryl/α,β-unsaturated/α-hetero) is 1. The highest BCUT2D eigenvalue weighted by molar-refractivity contribution is 5.99. The van der Waals surface area contributed by atoms with E-state index in [2.05, 4.69) is 19.2 Å². The van der Waals surface area contributed by atoms with Crippen LogP contribution in [0.2, 0.25) is 0 Å². The van der Waals surface area contributed by atoms with Crippen molar-refractivity contribution in [2.75, 3.05) is 6.54 Å². The number of amides is 1. The fraction of sp³-hybridized carbons (Fsp3) is 0.400. The number of hydrogen-bond donors (Lipinski definition) is 2. The molecule has 0 radical (unpaired) electrons. The molecule has 0 bridgehead atoms. The van der Waals surface area contributed by atoms with Gasteiger partial charge in [0.05, 0.1) is 13.0 Å². The molecular formula is C15H19NO4. The van der Waals surface area contributed by atoms with E-state index in [0.29, 0.717) is 11.5 Å². The maximum absolute atomic E-state index is 11.8. The molecule has 1 aromatic rings. The lowest BCUT2D eigenvalue weighted by molar-refractivity contribution is -0.138. The molecule has 0 saturated carbocycles. The van der Waals surface area contributed by atoms with Gasteiger partial charge in [-0.05, 0) is 11.5 Å². The summed E-state index contributed by atoms with van der Waals surface area (Å²) in [5, 5.41) is 10.9. The van der Waals surface area contributed by atoms with E-state index < -0.39 is 11.9 Å². The topological polar surface area (TPSA) is 83.5 Å². The molecule has 0 heterocycles. The minimum atomic E-state index is -1.03. The van der Waals surface area contributed by atoms with E-state index in [0.717, 1.165) is 5.56 Å². The van der Waals surface area contributed by atoms with Gasteiger partial charge < -0.3 is 10.4 Å². The van der Waals surface area contributed by atoms with Crippen LogP contribution >= 0.6 is 0 Å². The predicted molar refractivity (Wildman–Crippen MR) is 74.7 cm³/mol. The standard InChI is InChI=1S/C15H19NO4/c1-10(2)11-3-5-12(6-4-11)13(17)9-16-14(18)7-8-15(19)20/h3-6,10H,7-9H2,1-2H3,(H,16,18)(H,19,20). The molecule has 2 N–H and O–H groups in total. The molecule has 1 amide bonds. The molecule has 0 saturated heterocycles. The van der Waals surface area contributed by atoms with Crippen molar-refractivity contribution in [3.05, 3.63) is 35.4 Å². The summed E-state index contributed by atoms with van der Waals surface area (Å²) in [6.07, 6.45) is -0.349. The van der Waals surface area contributed by atoms with Crippen LogP contribution in [0.15, 0.2) is 24.3 Å². The highest BCUT2D eigenvalue weighted by atomic mass is 16.4. The summed E-state index contributed by atoms with van der Waals surface area (Å²) in [7, 11) is 0. The van der Waals surface area contributed by atoms with Gasteiger partial charge in [-0.3, -0.25) is 14.4 Å². The van der Waals surface area contributed by atoms with E-state index in [9.17, 15) is 14.4 Å². The fourth-order valence-electron chi connectivity index (χ4n) is 1.64. The number of carbonyl (C=O) groups is 3. The summed E-state index contributed by atoms with van der Waals surface area (Å²) in [4.78, 5) is 33.4. The van der Waals surface area contributed by atoms with E-state index in [1.165, 1.54) is 0 Å². The second-order valence-electron chi connectivity index (χ2n) is 4.87. The third kappa shape index (κ3) is 5.22. The van der Waals surface area contributed by atoms with E-state index in [1.807, 2.05) is 12.1 Å². The number of aliphatic carboxylic acids is 1. The third-order valence-electron chi connectivity index (χ3n) is 2.91. The van der Waals surface area contributed by atoms with Gasteiger partial charge in [0, 0.05) is 12.0 Å². The van der Waals surface area contributed by atoms with Crippen molar-refractivity contribution in [1.29, 1.82) is 0 Å². The van der Waals surface area contributed by atoms with Gasteiger partial charge >= 0.3 is 5.97 Å². The minimum absolute atomic E-state index is 0.112. The average Bonchev–Trinajstić information content (AvgIpc) is 2.42. The predicted octanol–water partition coefficient (Wildman–Crippen LogP) is 1.97. The Kier molecular flexibility index (Phi) is 5.90. The lowest BCUT2D eigenvalue weighted by atomic mass is 10.0. The molecule has 5 nitrogen and oxygen atoms in total. The number of carboxylic acids is 1. The zero-order valence-corrected chi connectivity index (χ0v) is 11.7. The van der Waals surface area contributed by atoms with Gasteiger partial charge in [0.1, 0.15) is 0 Å². The zero-order valence-electron chi connectivity index (χ0n) is 11.7. The smallest absolute Gasteiger partial charge is 0.303 e. The van der Waals surface area contributed by atoms with Crippen molar-refractivity contribution < 1.29 is 19.5 Å². The van der Waals surface area contributed by atoms with Crippen LogP contribution in [0.5, 0.6) is 0 Å². The number of benzene rings is 1. The van der Waals surface area contributed by atoms with Crippen LogP contribution in [0.1, 0.15) is 48.5 Å². The molecule has 0 aliphatic heterocycles. The zero-order chi connectivity index (χ0) is 15.1. The number of ketones is 1. The molecule has 20 heavy (non-hydrogen) atoms. The van der Waals surface area contributed by atoms with Crippen molar-refractivity contribution >= 4 is 17.7 Å². The van der Waals surface area contributed by atoms with Gasteiger partial charge in [-0.1, -0.05) is 38.1 Å². The summed E-state index contributed by atoms with van der Waals surface area (Å²) in [6, 6.07) is 7.26. The molecule has 0 fully saturated rings. The maximum atomic E-state index is 11.8. The molecule has 1 rings (SSSR count). The van der Waals surface area contributed by atoms with E-state index in [-0.39, 0.29) is 25.2 Å². The van der Waals surface area contributed by atoms with Crippen molar-refractivity contribution in [3.8, 4) is 0 Å². The first-order valence-electron chi connectivity index (χ1n) is 6.51. The van der Waals surface area contributed by atoms with E-state index >= 15 is 0 Å². The molecule has 0 aliphatic rings. The molecule has 0 atom stereocenters. The Bertz CT molecular complexity index is 491. The largest absolute Gasteiger partial charge is 0.481 e. The van der Waals surface area contributed by atoms with Gasteiger partial charge in [0.2, 0.25) is 5.91 Å². The van der Waals surface area contributed by atoms with Crippen LogP contribution in [0, 0.1) is 0 Å². The van der Waals surface area contributed by atoms with E-state index in [4.69, 9.17) is 5.11 Å².